The van der Waals surface area contributed by atoms with Crippen molar-refractivity contribution in [3.63, 3.8) is 0 Å². The van der Waals surface area contributed by atoms with Gasteiger partial charge in [0.15, 0.2) is 0 Å². The summed E-state index contributed by atoms with van der Waals surface area (Å²) in [5, 5.41) is 18.3. The van der Waals surface area contributed by atoms with Gasteiger partial charge in [0.2, 0.25) is 0 Å². The summed E-state index contributed by atoms with van der Waals surface area (Å²) in [5.74, 6) is -0.246. The highest BCUT2D eigenvalue weighted by atomic mass is 16.6. The van der Waals surface area contributed by atoms with E-state index >= 15 is 0 Å². The van der Waals surface area contributed by atoms with Crippen molar-refractivity contribution in [2.45, 2.75) is 26.7 Å². The van der Waals surface area contributed by atoms with Crippen LogP contribution in [-0.2, 0) is 0 Å². The fraction of sp³-hybridized carbons (Fsp3) is 0.278. The van der Waals surface area contributed by atoms with Gasteiger partial charge in [0.25, 0.3) is 17.3 Å². The molecule has 8 nitrogen and oxygen atoms in total. The summed E-state index contributed by atoms with van der Waals surface area (Å²) < 4.78 is 5.23. The number of carbonyl (C=O) groups excluding carboxylic acids is 1. The van der Waals surface area contributed by atoms with Crippen molar-refractivity contribution in [1.82, 2.24) is 15.5 Å². The van der Waals surface area contributed by atoms with E-state index in [-0.39, 0.29) is 17.3 Å². The van der Waals surface area contributed by atoms with Gasteiger partial charge in [-0.15, -0.1) is 0 Å². The Labute approximate surface area is 149 Å². The predicted octanol–water partition coefficient (Wildman–Crippen LogP) is 3.64. The molecule has 26 heavy (non-hydrogen) atoms. The number of hydrogen-bond acceptors (Lipinski definition) is 6. The first kappa shape index (κ1) is 17.5. The molecule has 134 valence electrons. The number of nitrogens with one attached hydrogen (secondary N) is 1. The Bertz CT molecular complexity index is 980. The summed E-state index contributed by atoms with van der Waals surface area (Å²) in [6.45, 7) is 4.35. The Hall–Kier alpha value is -3.29. The van der Waals surface area contributed by atoms with Gasteiger partial charge in [0.05, 0.1) is 27.3 Å². The Morgan fingerprint density at radius 1 is 1.35 bits per heavy atom. The third-order valence-electron chi connectivity index (χ3n) is 4.03. The quantitative estimate of drug-likeness (QED) is 0.411. The van der Waals surface area contributed by atoms with E-state index in [0.717, 1.165) is 12.8 Å². The molecule has 1 aromatic carbocycles. The smallest absolute Gasteiger partial charge is 0.270 e. The minimum absolute atomic E-state index is 0.0490. The number of aryl methyl sites for hydroxylation is 1. The third kappa shape index (κ3) is 3.39. The second-order valence-corrected chi connectivity index (χ2v) is 5.92. The molecule has 0 spiro atoms. The van der Waals surface area contributed by atoms with Gasteiger partial charge in [-0.1, -0.05) is 30.6 Å². The predicted molar refractivity (Wildman–Crippen MR) is 95.9 cm³/mol. The molecule has 2 aromatic heterocycles. The van der Waals surface area contributed by atoms with Crippen molar-refractivity contribution in [3.8, 4) is 11.3 Å². The molecular weight excluding hydrogens is 336 g/mol. The molecule has 0 aliphatic heterocycles. The van der Waals surface area contributed by atoms with E-state index in [4.69, 9.17) is 4.52 Å². The zero-order valence-electron chi connectivity index (χ0n) is 14.5. The number of rotatable bonds is 6. The molecule has 0 saturated heterocycles. The molecule has 0 atom stereocenters. The van der Waals surface area contributed by atoms with E-state index in [2.05, 4.69) is 15.5 Å². The molecule has 3 aromatic rings. The normalized spacial score (nSPS) is 10.8. The van der Waals surface area contributed by atoms with Crippen LogP contribution in [0.5, 0.6) is 0 Å². The SMILES string of the molecule is CCCCNC(=O)c1cc(-c2cccc([N+](=O)[O-])c2)nc2onc(C)c12. The molecular formula is C18H18N4O4. The summed E-state index contributed by atoms with van der Waals surface area (Å²) in [6.07, 6.45) is 1.84. The minimum Gasteiger partial charge on any atom is -0.352 e. The van der Waals surface area contributed by atoms with Gasteiger partial charge in [0.1, 0.15) is 0 Å². The van der Waals surface area contributed by atoms with Crippen LogP contribution in [-0.4, -0.2) is 27.5 Å². The lowest BCUT2D eigenvalue weighted by molar-refractivity contribution is -0.384. The molecule has 0 bridgehead atoms. The maximum atomic E-state index is 12.6. The zero-order chi connectivity index (χ0) is 18.7. The van der Waals surface area contributed by atoms with Crippen LogP contribution in [0.1, 0.15) is 35.8 Å². The average molecular weight is 354 g/mol. The van der Waals surface area contributed by atoms with E-state index in [1.165, 1.54) is 12.1 Å². The van der Waals surface area contributed by atoms with E-state index in [0.29, 0.717) is 34.4 Å². The number of carbonyl (C=O) groups is 1. The van der Waals surface area contributed by atoms with Crippen LogP contribution in [0.4, 0.5) is 5.69 Å². The Kier molecular flexibility index (Phi) is 4.92. The molecule has 1 amide bonds. The lowest BCUT2D eigenvalue weighted by Crippen LogP contribution is -2.24. The van der Waals surface area contributed by atoms with Crippen molar-refractivity contribution in [1.29, 1.82) is 0 Å². The van der Waals surface area contributed by atoms with Crippen molar-refractivity contribution in [3.05, 3.63) is 51.7 Å². The summed E-state index contributed by atoms with van der Waals surface area (Å²) in [4.78, 5) is 27.5. The number of nitro groups is 1. The van der Waals surface area contributed by atoms with Crippen LogP contribution in [0, 0.1) is 17.0 Å². The molecule has 0 unspecified atom stereocenters. The monoisotopic (exact) mass is 354 g/mol. The fourth-order valence-corrected chi connectivity index (χ4v) is 2.67. The Morgan fingerprint density at radius 2 is 2.15 bits per heavy atom. The number of nitrogens with zero attached hydrogens (tertiary/aromatic N) is 3. The fourth-order valence-electron chi connectivity index (χ4n) is 2.67. The van der Waals surface area contributed by atoms with Crippen molar-refractivity contribution >= 4 is 22.7 Å². The highest BCUT2D eigenvalue weighted by molar-refractivity contribution is 6.07. The maximum absolute atomic E-state index is 12.6. The highest BCUT2D eigenvalue weighted by Gasteiger charge is 2.19. The number of non-ortho nitro benzene ring substituents is 1. The summed E-state index contributed by atoms with van der Waals surface area (Å²) in [5.41, 5.74) is 2.08. The second kappa shape index (κ2) is 7.30. The maximum Gasteiger partial charge on any atom is 0.270 e. The first-order chi connectivity index (χ1) is 12.5. The van der Waals surface area contributed by atoms with Crippen LogP contribution in [0.25, 0.3) is 22.4 Å². The third-order valence-corrected chi connectivity index (χ3v) is 4.03. The first-order valence-corrected chi connectivity index (χ1v) is 8.31. The lowest BCUT2D eigenvalue weighted by Gasteiger charge is -2.08. The van der Waals surface area contributed by atoms with Crippen LogP contribution >= 0.6 is 0 Å². The molecule has 0 fully saturated rings. The highest BCUT2D eigenvalue weighted by Crippen LogP contribution is 2.28. The molecule has 3 rings (SSSR count). The van der Waals surface area contributed by atoms with E-state index in [1.54, 1.807) is 25.1 Å². The van der Waals surface area contributed by atoms with Crippen LogP contribution in [0.15, 0.2) is 34.9 Å². The average Bonchev–Trinajstić information content (AvgIpc) is 3.02. The molecule has 0 saturated carbocycles. The van der Waals surface area contributed by atoms with Crippen LogP contribution in [0.3, 0.4) is 0 Å². The standard InChI is InChI=1S/C18H18N4O4/c1-3-4-8-19-17(23)14-10-15(20-18-16(14)11(2)21-26-18)12-6-5-7-13(9-12)22(24)25/h5-7,9-10H,3-4,8H2,1-2H3,(H,19,23). The topological polar surface area (TPSA) is 111 Å². The summed E-state index contributed by atoms with van der Waals surface area (Å²) >= 11 is 0. The number of pyridine rings is 1. The number of benzene rings is 1. The van der Waals surface area contributed by atoms with Gasteiger partial charge >= 0.3 is 0 Å². The molecule has 8 heteroatoms. The molecule has 0 radical (unpaired) electrons. The second-order valence-electron chi connectivity index (χ2n) is 5.92. The molecule has 0 aliphatic rings. The number of unbranched alkanes of at least 4 members (excludes halogenated alkanes) is 1. The number of hydrogen-bond donors (Lipinski definition) is 1. The number of fused-ring (bicyclic) bond motifs is 1. The molecule has 0 aliphatic carbocycles. The van der Waals surface area contributed by atoms with E-state index < -0.39 is 4.92 Å². The minimum atomic E-state index is -0.473. The van der Waals surface area contributed by atoms with Gasteiger partial charge < -0.3 is 9.84 Å². The number of aromatic nitrogens is 2. The molecule has 1 N–H and O–H groups in total. The summed E-state index contributed by atoms with van der Waals surface area (Å²) in [7, 11) is 0. The number of amides is 1. The Balaban J connectivity index is 2.09. The van der Waals surface area contributed by atoms with E-state index in [9.17, 15) is 14.9 Å². The largest absolute Gasteiger partial charge is 0.352 e. The lowest BCUT2D eigenvalue weighted by atomic mass is 10.0. The first-order valence-electron chi connectivity index (χ1n) is 8.31. The number of nitro benzene ring substituents is 1. The van der Waals surface area contributed by atoms with Gasteiger partial charge in [-0.3, -0.25) is 14.9 Å². The Morgan fingerprint density at radius 3 is 2.88 bits per heavy atom. The van der Waals surface area contributed by atoms with E-state index in [1.807, 2.05) is 6.92 Å². The van der Waals surface area contributed by atoms with Gasteiger partial charge in [-0.05, 0) is 19.4 Å². The van der Waals surface area contributed by atoms with Crippen molar-refractivity contribution in [2.24, 2.45) is 0 Å². The van der Waals surface area contributed by atoms with Gasteiger partial charge in [-0.25, -0.2) is 4.98 Å². The summed E-state index contributed by atoms with van der Waals surface area (Å²) in [6, 6.07) is 7.71. The van der Waals surface area contributed by atoms with Crippen LogP contribution in [0.2, 0.25) is 0 Å². The van der Waals surface area contributed by atoms with Gasteiger partial charge in [0, 0.05) is 24.2 Å². The van der Waals surface area contributed by atoms with Crippen molar-refractivity contribution < 1.29 is 14.2 Å². The van der Waals surface area contributed by atoms with Gasteiger partial charge in [-0.2, -0.15) is 0 Å². The van der Waals surface area contributed by atoms with Crippen molar-refractivity contribution in [2.75, 3.05) is 6.54 Å². The molecule has 2 heterocycles. The van der Waals surface area contributed by atoms with Crippen LogP contribution < -0.4 is 5.32 Å². The zero-order valence-corrected chi connectivity index (χ0v) is 14.5.